The summed E-state index contributed by atoms with van der Waals surface area (Å²) in [7, 11) is 0. The van der Waals surface area contributed by atoms with E-state index in [1.54, 1.807) is 0 Å². The first-order chi connectivity index (χ1) is 5.88. The summed E-state index contributed by atoms with van der Waals surface area (Å²) < 4.78 is 5.16. The second kappa shape index (κ2) is 3.49. The molecule has 3 nitrogen and oxygen atoms in total. The highest BCUT2D eigenvalue weighted by molar-refractivity contribution is 7.99. The molecule has 12 heavy (non-hydrogen) atoms. The smallest absolute Gasteiger partial charge is 0.181 e. The summed E-state index contributed by atoms with van der Waals surface area (Å²) in [6.45, 7) is 3.03. The molecule has 0 aliphatic carbocycles. The molecule has 1 N–H and O–H groups in total. The second-order valence-electron chi connectivity index (χ2n) is 2.88. The first-order valence-electron chi connectivity index (χ1n) is 4.09. The van der Waals surface area contributed by atoms with E-state index in [-0.39, 0.29) is 0 Å². The molecule has 1 unspecified atom stereocenters. The van der Waals surface area contributed by atoms with E-state index in [1.165, 1.54) is 12.1 Å². The molecule has 0 saturated carbocycles. The number of thioether (sulfide) groups is 1. The van der Waals surface area contributed by atoms with Crippen molar-refractivity contribution in [3.63, 3.8) is 0 Å². The van der Waals surface area contributed by atoms with Gasteiger partial charge in [-0.05, 0) is 6.92 Å². The van der Waals surface area contributed by atoms with Gasteiger partial charge in [0.2, 0.25) is 0 Å². The van der Waals surface area contributed by atoms with Crippen molar-refractivity contribution in [3.8, 4) is 0 Å². The van der Waals surface area contributed by atoms with E-state index in [1.807, 2.05) is 18.7 Å². The van der Waals surface area contributed by atoms with E-state index in [0.29, 0.717) is 6.04 Å². The van der Waals surface area contributed by atoms with Crippen LogP contribution in [0.2, 0.25) is 0 Å². The summed E-state index contributed by atoms with van der Waals surface area (Å²) >= 11 is 1.97. The van der Waals surface area contributed by atoms with Gasteiger partial charge in [-0.1, -0.05) is 0 Å². The Hall–Kier alpha value is -0.480. The fraction of sp³-hybridized carbons (Fsp3) is 0.625. The maximum atomic E-state index is 5.16. The highest BCUT2D eigenvalue weighted by Crippen LogP contribution is 2.22. The molecule has 1 fully saturated rings. The molecular formula is C8H12N2OS. The Morgan fingerprint density at radius 2 is 2.67 bits per heavy atom. The van der Waals surface area contributed by atoms with Crippen LogP contribution in [0.25, 0.3) is 0 Å². The summed E-state index contributed by atoms with van der Waals surface area (Å²) in [5.41, 5.74) is 1.07. The number of hydrogen-bond donors (Lipinski definition) is 1. The highest BCUT2D eigenvalue weighted by Gasteiger charge is 2.19. The second-order valence-corrected chi connectivity index (χ2v) is 4.03. The maximum Gasteiger partial charge on any atom is 0.181 e. The van der Waals surface area contributed by atoms with Crippen LogP contribution in [0.4, 0.5) is 0 Å². The van der Waals surface area contributed by atoms with Gasteiger partial charge in [0.1, 0.15) is 5.76 Å². The average Bonchev–Trinajstić information content (AvgIpc) is 2.53. The van der Waals surface area contributed by atoms with Gasteiger partial charge in [-0.3, -0.25) is 0 Å². The number of aromatic nitrogens is 1. The van der Waals surface area contributed by atoms with Crippen LogP contribution in [0.1, 0.15) is 17.5 Å². The Kier molecular flexibility index (Phi) is 2.37. The summed E-state index contributed by atoms with van der Waals surface area (Å²) in [6, 6.07) is 0.391. The quantitative estimate of drug-likeness (QED) is 0.715. The van der Waals surface area contributed by atoms with Gasteiger partial charge in [-0.25, -0.2) is 4.98 Å². The first kappa shape index (κ1) is 8.13. The maximum absolute atomic E-state index is 5.16. The highest BCUT2D eigenvalue weighted by atomic mass is 32.2. The van der Waals surface area contributed by atoms with Gasteiger partial charge in [-0.15, -0.1) is 0 Å². The molecule has 1 saturated heterocycles. The van der Waals surface area contributed by atoms with E-state index in [9.17, 15) is 0 Å². The molecule has 0 bridgehead atoms. The summed E-state index contributed by atoms with van der Waals surface area (Å²) in [4.78, 5) is 4.20. The number of oxazole rings is 1. The number of rotatable bonds is 1. The van der Waals surface area contributed by atoms with Gasteiger partial charge in [0.25, 0.3) is 0 Å². The van der Waals surface area contributed by atoms with Gasteiger partial charge in [0.05, 0.1) is 11.7 Å². The largest absolute Gasteiger partial charge is 0.448 e. The molecule has 2 heterocycles. The SMILES string of the molecule is Cc1ocnc1C1CSCCN1. The Labute approximate surface area is 75.9 Å². The van der Waals surface area contributed by atoms with Crippen molar-refractivity contribution >= 4 is 11.8 Å². The van der Waals surface area contributed by atoms with Gasteiger partial charge >= 0.3 is 0 Å². The van der Waals surface area contributed by atoms with E-state index >= 15 is 0 Å². The van der Waals surface area contributed by atoms with E-state index < -0.39 is 0 Å². The molecule has 0 radical (unpaired) electrons. The molecular weight excluding hydrogens is 172 g/mol. The minimum atomic E-state index is 0.391. The fourth-order valence-electron chi connectivity index (χ4n) is 1.39. The van der Waals surface area contributed by atoms with Crippen LogP contribution in [-0.4, -0.2) is 23.0 Å². The van der Waals surface area contributed by atoms with Crippen molar-refractivity contribution in [3.05, 3.63) is 17.8 Å². The molecule has 1 atom stereocenters. The first-order valence-corrected chi connectivity index (χ1v) is 5.24. The molecule has 2 rings (SSSR count). The van der Waals surface area contributed by atoms with Crippen LogP contribution in [0.3, 0.4) is 0 Å². The third kappa shape index (κ3) is 1.49. The van der Waals surface area contributed by atoms with E-state index in [0.717, 1.165) is 23.8 Å². The van der Waals surface area contributed by atoms with Crippen molar-refractivity contribution in [1.82, 2.24) is 10.3 Å². The summed E-state index contributed by atoms with van der Waals surface area (Å²) in [6.07, 6.45) is 1.52. The zero-order chi connectivity index (χ0) is 8.39. The third-order valence-electron chi connectivity index (χ3n) is 2.03. The topological polar surface area (TPSA) is 38.1 Å². The van der Waals surface area contributed by atoms with Crippen molar-refractivity contribution in [2.24, 2.45) is 0 Å². The number of aryl methyl sites for hydroxylation is 1. The van der Waals surface area contributed by atoms with Crippen LogP contribution >= 0.6 is 11.8 Å². The molecule has 66 valence electrons. The molecule has 0 amide bonds. The lowest BCUT2D eigenvalue weighted by molar-refractivity contribution is 0.513. The minimum absolute atomic E-state index is 0.391. The molecule has 1 aromatic rings. The van der Waals surface area contributed by atoms with Crippen molar-refractivity contribution < 1.29 is 4.42 Å². The van der Waals surface area contributed by atoms with Crippen LogP contribution < -0.4 is 5.32 Å². The molecule has 1 aliphatic heterocycles. The van der Waals surface area contributed by atoms with Crippen molar-refractivity contribution in [1.29, 1.82) is 0 Å². The number of hydrogen-bond acceptors (Lipinski definition) is 4. The summed E-state index contributed by atoms with van der Waals surface area (Å²) in [5.74, 6) is 3.25. The Morgan fingerprint density at radius 1 is 1.75 bits per heavy atom. The Bertz CT molecular complexity index is 255. The zero-order valence-corrected chi connectivity index (χ0v) is 7.86. The predicted octanol–water partition coefficient (Wildman–Crippen LogP) is 1.36. The molecule has 4 heteroatoms. The van der Waals surface area contributed by atoms with Crippen molar-refractivity contribution in [2.75, 3.05) is 18.1 Å². The van der Waals surface area contributed by atoms with E-state index in [2.05, 4.69) is 10.3 Å². The van der Waals surface area contributed by atoms with Crippen LogP contribution in [0, 0.1) is 6.92 Å². The lowest BCUT2D eigenvalue weighted by Gasteiger charge is -2.21. The standard InChI is InChI=1S/C8H12N2OS/c1-6-8(10-5-11-6)7-4-12-3-2-9-7/h5,7,9H,2-4H2,1H3. The van der Waals surface area contributed by atoms with Gasteiger partial charge in [-0.2, -0.15) is 11.8 Å². The van der Waals surface area contributed by atoms with Crippen molar-refractivity contribution in [2.45, 2.75) is 13.0 Å². The lowest BCUT2D eigenvalue weighted by atomic mass is 10.2. The van der Waals surface area contributed by atoms with Gasteiger partial charge in [0.15, 0.2) is 6.39 Å². The molecule has 0 aromatic carbocycles. The number of nitrogens with zero attached hydrogens (tertiary/aromatic N) is 1. The molecule has 1 aromatic heterocycles. The van der Waals surface area contributed by atoms with Gasteiger partial charge in [0, 0.05) is 18.1 Å². The average molecular weight is 184 g/mol. The summed E-state index contributed by atoms with van der Waals surface area (Å²) in [5, 5.41) is 3.42. The normalized spacial score (nSPS) is 24.2. The number of nitrogens with one attached hydrogen (secondary N) is 1. The lowest BCUT2D eigenvalue weighted by Crippen LogP contribution is -2.30. The zero-order valence-electron chi connectivity index (χ0n) is 7.04. The molecule has 1 aliphatic rings. The van der Waals surface area contributed by atoms with E-state index in [4.69, 9.17) is 4.42 Å². The van der Waals surface area contributed by atoms with Crippen LogP contribution in [0.15, 0.2) is 10.8 Å². The predicted molar refractivity (Wildman–Crippen MR) is 49.3 cm³/mol. The molecule has 0 spiro atoms. The van der Waals surface area contributed by atoms with Crippen LogP contribution in [-0.2, 0) is 0 Å². The Morgan fingerprint density at radius 3 is 3.25 bits per heavy atom. The van der Waals surface area contributed by atoms with Crippen LogP contribution in [0.5, 0.6) is 0 Å². The minimum Gasteiger partial charge on any atom is -0.448 e. The monoisotopic (exact) mass is 184 g/mol. The van der Waals surface area contributed by atoms with Gasteiger partial charge < -0.3 is 9.73 Å². The third-order valence-corrected chi connectivity index (χ3v) is 3.10. The Balaban J connectivity index is 2.13. The fourth-order valence-corrected chi connectivity index (χ4v) is 2.33.